The van der Waals surface area contributed by atoms with Gasteiger partial charge in [-0.25, -0.2) is 0 Å². The summed E-state index contributed by atoms with van der Waals surface area (Å²) in [5.41, 5.74) is 2.61. The summed E-state index contributed by atoms with van der Waals surface area (Å²) >= 11 is 0. The molecule has 113 valence electrons. The Morgan fingerprint density at radius 1 is 0.583 bits per heavy atom. The maximum atomic E-state index is 12.2. The quantitative estimate of drug-likeness (QED) is 0.340. The Balaban J connectivity index is 1.79. The smallest absolute Gasteiger partial charge is 0.186 e. The van der Waals surface area contributed by atoms with E-state index in [1.54, 1.807) is 6.07 Å². The van der Waals surface area contributed by atoms with Gasteiger partial charge in [0.2, 0.25) is 0 Å². The van der Waals surface area contributed by atoms with E-state index in [1.165, 1.54) is 27.3 Å². The molecule has 0 atom stereocenters. The number of benzene rings is 5. The van der Waals surface area contributed by atoms with Crippen LogP contribution in [0.1, 0.15) is 11.1 Å². The fourth-order valence-corrected chi connectivity index (χ4v) is 3.79. The van der Waals surface area contributed by atoms with Crippen LogP contribution in [0.25, 0.3) is 32.3 Å². The van der Waals surface area contributed by atoms with Crippen LogP contribution in [-0.2, 0) is 11.5 Å². The number of rotatable bonds is 2. The van der Waals surface area contributed by atoms with Gasteiger partial charge in [-0.2, -0.15) is 0 Å². The van der Waals surface area contributed by atoms with Crippen LogP contribution in [0.15, 0.2) is 78.9 Å². The zero-order chi connectivity index (χ0) is 16.1. The minimum absolute atomic E-state index is 0.102. The highest BCUT2D eigenvalue weighted by Crippen LogP contribution is 2.39. The molecule has 5 aromatic carbocycles. The zero-order valence-electron chi connectivity index (χ0n) is 13.1. The summed E-state index contributed by atoms with van der Waals surface area (Å²) in [6, 6.07) is 27.0. The van der Waals surface area contributed by atoms with Crippen molar-refractivity contribution >= 4 is 32.3 Å². The molecule has 0 bridgehead atoms. The molecule has 0 fully saturated rings. The van der Waals surface area contributed by atoms with Crippen molar-refractivity contribution in [2.45, 2.75) is 6.42 Å². The lowest BCUT2D eigenvalue weighted by Gasteiger charge is -2.13. The standard InChI is InChI=1S/C23H15O/c24-21-11-9-17-6-7-18-13-16(12-15-4-2-1-3-5-15)14-19-8-10-20(21)23(17)22(18)19/h1-11,13-14H,12H2. The highest BCUT2D eigenvalue weighted by Gasteiger charge is 2.12. The van der Waals surface area contributed by atoms with Crippen molar-refractivity contribution in [3.8, 4) is 5.75 Å². The maximum Gasteiger partial charge on any atom is 0.186 e. The molecule has 0 saturated carbocycles. The van der Waals surface area contributed by atoms with Crippen molar-refractivity contribution < 1.29 is 5.11 Å². The van der Waals surface area contributed by atoms with Crippen molar-refractivity contribution in [1.29, 1.82) is 0 Å². The second kappa shape index (κ2) is 4.97. The Labute approximate surface area is 140 Å². The van der Waals surface area contributed by atoms with Crippen LogP contribution in [-0.4, -0.2) is 0 Å². The van der Waals surface area contributed by atoms with E-state index in [9.17, 15) is 5.11 Å². The first-order valence-electron chi connectivity index (χ1n) is 8.21. The van der Waals surface area contributed by atoms with E-state index < -0.39 is 0 Å². The van der Waals surface area contributed by atoms with Crippen LogP contribution in [0.2, 0.25) is 0 Å². The first kappa shape index (κ1) is 13.4. The second-order valence-corrected chi connectivity index (χ2v) is 6.42. The molecule has 0 unspecified atom stereocenters. The molecule has 1 nitrogen and oxygen atoms in total. The summed E-state index contributed by atoms with van der Waals surface area (Å²) in [6.07, 6.45) is 0.921. The molecule has 0 spiro atoms. The van der Waals surface area contributed by atoms with Gasteiger partial charge in [0.1, 0.15) is 0 Å². The molecule has 0 saturated heterocycles. The Kier molecular flexibility index (Phi) is 2.77. The molecule has 0 aromatic heterocycles. The minimum atomic E-state index is 0.102. The Bertz CT molecular complexity index is 1150. The van der Waals surface area contributed by atoms with Gasteiger partial charge in [0.05, 0.1) is 0 Å². The Morgan fingerprint density at radius 3 is 2.04 bits per heavy atom. The first-order valence-corrected chi connectivity index (χ1v) is 8.21. The maximum absolute atomic E-state index is 12.2. The van der Waals surface area contributed by atoms with Crippen LogP contribution in [0.5, 0.6) is 5.75 Å². The van der Waals surface area contributed by atoms with Crippen LogP contribution in [0, 0.1) is 0 Å². The third-order valence-corrected chi connectivity index (χ3v) is 4.87. The summed E-state index contributed by atoms with van der Waals surface area (Å²) < 4.78 is 0. The van der Waals surface area contributed by atoms with Gasteiger partial charge < -0.3 is 0 Å². The normalized spacial score (nSPS) is 11.7. The van der Waals surface area contributed by atoms with E-state index >= 15 is 0 Å². The van der Waals surface area contributed by atoms with Crippen molar-refractivity contribution in [2.75, 3.05) is 0 Å². The number of hydrogen-bond donors (Lipinski definition) is 0. The van der Waals surface area contributed by atoms with Crippen molar-refractivity contribution in [2.24, 2.45) is 0 Å². The predicted octanol–water partition coefficient (Wildman–Crippen LogP) is 6.32. The largest absolute Gasteiger partial charge is 0.289 e. The molecule has 5 aromatic rings. The van der Waals surface area contributed by atoms with Gasteiger partial charge in [-0.3, -0.25) is 5.11 Å². The summed E-state index contributed by atoms with van der Waals surface area (Å²) in [5.74, 6) is 0.102. The van der Waals surface area contributed by atoms with Gasteiger partial charge in [-0.05, 0) is 51.2 Å². The summed E-state index contributed by atoms with van der Waals surface area (Å²) in [4.78, 5) is 0. The molecule has 5 rings (SSSR count). The first-order chi connectivity index (χ1) is 11.8. The van der Waals surface area contributed by atoms with Gasteiger partial charge in [0.15, 0.2) is 5.75 Å². The highest BCUT2D eigenvalue weighted by molar-refractivity contribution is 6.24. The summed E-state index contributed by atoms with van der Waals surface area (Å²) in [6.45, 7) is 0. The molecule has 0 N–H and O–H groups in total. The van der Waals surface area contributed by atoms with Crippen molar-refractivity contribution in [3.63, 3.8) is 0 Å². The average Bonchev–Trinajstić information content (AvgIpc) is 2.62. The second-order valence-electron chi connectivity index (χ2n) is 6.42. The lowest BCUT2D eigenvalue weighted by molar-refractivity contribution is 0.360. The van der Waals surface area contributed by atoms with Crippen LogP contribution in [0.4, 0.5) is 0 Å². The van der Waals surface area contributed by atoms with E-state index in [-0.39, 0.29) is 5.75 Å². The number of hydrogen-bond acceptors (Lipinski definition) is 0. The van der Waals surface area contributed by atoms with E-state index in [2.05, 4.69) is 54.6 Å². The highest BCUT2D eigenvalue weighted by atomic mass is 16.3. The Hall–Kier alpha value is -3.06. The van der Waals surface area contributed by atoms with Crippen molar-refractivity contribution in [3.05, 3.63) is 90.0 Å². The summed E-state index contributed by atoms with van der Waals surface area (Å²) in [7, 11) is 0. The molecule has 1 radical (unpaired) electrons. The van der Waals surface area contributed by atoms with Crippen LogP contribution in [0.3, 0.4) is 0 Å². The minimum Gasteiger partial charge on any atom is -0.289 e. The van der Waals surface area contributed by atoms with Crippen LogP contribution < -0.4 is 0 Å². The van der Waals surface area contributed by atoms with E-state index in [0.29, 0.717) is 0 Å². The molecule has 0 heterocycles. The van der Waals surface area contributed by atoms with E-state index in [4.69, 9.17) is 0 Å². The lowest BCUT2D eigenvalue weighted by atomic mass is 9.91. The average molecular weight is 307 g/mol. The van der Waals surface area contributed by atoms with Gasteiger partial charge in [-0.15, -0.1) is 0 Å². The Morgan fingerprint density at radius 2 is 1.25 bits per heavy atom. The third-order valence-electron chi connectivity index (χ3n) is 4.87. The van der Waals surface area contributed by atoms with Crippen LogP contribution >= 0.6 is 0 Å². The monoisotopic (exact) mass is 307 g/mol. The van der Waals surface area contributed by atoms with Gasteiger partial charge >= 0.3 is 0 Å². The molecule has 0 aliphatic rings. The molecule has 0 aliphatic heterocycles. The molecular formula is C23H15O. The van der Waals surface area contributed by atoms with Gasteiger partial charge in [-0.1, -0.05) is 66.7 Å². The van der Waals surface area contributed by atoms with Gasteiger partial charge in [0, 0.05) is 10.8 Å². The third kappa shape index (κ3) is 1.95. The summed E-state index contributed by atoms with van der Waals surface area (Å²) in [5, 5.41) is 18.9. The predicted molar refractivity (Wildman–Crippen MR) is 99.5 cm³/mol. The lowest BCUT2D eigenvalue weighted by Crippen LogP contribution is -1.90. The fraction of sp³-hybridized carbons (Fsp3) is 0.0435. The topological polar surface area (TPSA) is 19.9 Å². The van der Waals surface area contributed by atoms with E-state index in [1.807, 2.05) is 18.2 Å². The zero-order valence-corrected chi connectivity index (χ0v) is 13.1. The van der Waals surface area contributed by atoms with Gasteiger partial charge in [0.25, 0.3) is 0 Å². The molecule has 1 heteroatoms. The van der Waals surface area contributed by atoms with Crippen molar-refractivity contribution in [1.82, 2.24) is 0 Å². The van der Waals surface area contributed by atoms with E-state index in [0.717, 1.165) is 22.6 Å². The molecule has 0 aliphatic carbocycles. The molecule has 24 heavy (non-hydrogen) atoms. The SMILES string of the molecule is [O]c1ccc2ccc3cc(Cc4ccccc4)cc4ccc1c2c34. The molecule has 0 amide bonds. The fourth-order valence-electron chi connectivity index (χ4n) is 3.79. The molecular weight excluding hydrogens is 292 g/mol.